The smallest absolute Gasteiger partial charge is 0.255 e. The minimum absolute atomic E-state index is 0.0792. The first-order valence-electron chi connectivity index (χ1n) is 12.5. The number of aliphatic hydroxyl groups is 1. The molecule has 0 aromatic carbocycles. The summed E-state index contributed by atoms with van der Waals surface area (Å²) in [5.74, 6) is 0.748. The number of rotatable bonds is 8. The van der Waals surface area contributed by atoms with E-state index in [9.17, 15) is 15.2 Å². The Morgan fingerprint density at radius 3 is 2.58 bits per heavy atom. The number of aromatic nitrogens is 4. The molecule has 4 heterocycles. The van der Waals surface area contributed by atoms with Crippen molar-refractivity contribution >= 4 is 23.4 Å². The Balaban J connectivity index is 1.83. The summed E-state index contributed by atoms with van der Waals surface area (Å²) in [6.45, 7) is 9.69. The van der Waals surface area contributed by atoms with E-state index in [1.54, 1.807) is 44.4 Å². The number of pyridine rings is 2. The first-order chi connectivity index (χ1) is 18.2. The van der Waals surface area contributed by atoms with Gasteiger partial charge in [-0.05, 0) is 45.9 Å². The molecule has 11 heteroatoms. The average Bonchev–Trinajstić information content (AvgIpc) is 2.94. The van der Waals surface area contributed by atoms with Crippen LogP contribution in [0.25, 0.3) is 11.3 Å². The highest BCUT2D eigenvalue weighted by molar-refractivity contribution is 6.04. The molecule has 3 aromatic heterocycles. The molecule has 38 heavy (non-hydrogen) atoms. The molecule has 1 fully saturated rings. The summed E-state index contributed by atoms with van der Waals surface area (Å²) in [4.78, 5) is 33.3. The number of anilines is 3. The molecular weight excluding hydrogens is 484 g/mol. The quantitative estimate of drug-likeness (QED) is 0.408. The minimum Gasteiger partial charge on any atom is -0.394 e. The zero-order valence-electron chi connectivity index (χ0n) is 22.0. The van der Waals surface area contributed by atoms with Gasteiger partial charge in [0.1, 0.15) is 5.82 Å². The molecule has 4 rings (SSSR count). The van der Waals surface area contributed by atoms with Gasteiger partial charge in [-0.1, -0.05) is 0 Å². The maximum absolute atomic E-state index is 13.1. The highest BCUT2D eigenvalue weighted by Crippen LogP contribution is 2.34. The van der Waals surface area contributed by atoms with Crippen LogP contribution >= 0.6 is 0 Å². The van der Waals surface area contributed by atoms with Crippen molar-refractivity contribution in [2.45, 2.75) is 39.2 Å². The van der Waals surface area contributed by atoms with Crippen LogP contribution in [0.4, 0.5) is 17.5 Å². The number of carbonyl (C=O) groups is 1. The van der Waals surface area contributed by atoms with Gasteiger partial charge in [0.05, 0.1) is 48.4 Å². The molecule has 1 saturated heterocycles. The van der Waals surface area contributed by atoms with Crippen molar-refractivity contribution in [1.29, 1.82) is 5.26 Å². The van der Waals surface area contributed by atoms with E-state index in [0.29, 0.717) is 72.0 Å². The fraction of sp³-hybridized carbons (Fsp3) is 0.407. The van der Waals surface area contributed by atoms with Crippen LogP contribution in [0.2, 0.25) is 0 Å². The average molecular weight is 517 g/mol. The Morgan fingerprint density at radius 1 is 1.21 bits per heavy atom. The van der Waals surface area contributed by atoms with Gasteiger partial charge in [0, 0.05) is 54.4 Å². The van der Waals surface area contributed by atoms with Gasteiger partial charge in [0.25, 0.3) is 5.91 Å². The van der Waals surface area contributed by atoms with E-state index in [-0.39, 0.29) is 18.6 Å². The van der Waals surface area contributed by atoms with Crippen molar-refractivity contribution < 1.29 is 14.6 Å². The normalized spacial score (nSPS) is 14.5. The molecule has 11 nitrogen and oxygen atoms in total. The van der Waals surface area contributed by atoms with Crippen LogP contribution in [-0.2, 0) is 10.2 Å². The second-order valence-electron chi connectivity index (χ2n) is 9.71. The zero-order chi connectivity index (χ0) is 27.3. The summed E-state index contributed by atoms with van der Waals surface area (Å²) in [5.41, 5.74) is 2.28. The van der Waals surface area contributed by atoms with E-state index in [0.717, 1.165) is 0 Å². The number of amides is 1. The number of aliphatic hydroxyl groups excluding tert-OH is 1. The summed E-state index contributed by atoms with van der Waals surface area (Å²) >= 11 is 0. The van der Waals surface area contributed by atoms with Gasteiger partial charge in [-0.25, -0.2) is 4.98 Å². The van der Waals surface area contributed by atoms with Gasteiger partial charge in [-0.2, -0.15) is 10.2 Å². The monoisotopic (exact) mass is 516 g/mol. The van der Waals surface area contributed by atoms with Crippen molar-refractivity contribution in [2.24, 2.45) is 0 Å². The predicted octanol–water partition coefficient (Wildman–Crippen LogP) is 2.92. The number of nitriles is 1. The largest absolute Gasteiger partial charge is 0.394 e. The number of morpholine rings is 1. The van der Waals surface area contributed by atoms with Crippen molar-refractivity contribution in [3.63, 3.8) is 0 Å². The van der Waals surface area contributed by atoms with Crippen molar-refractivity contribution in [1.82, 2.24) is 19.9 Å². The highest BCUT2D eigenvalue weighted by Gasteiger charge is 2.28. The first-order valence-corrected chi connectivity index (χ1v) is 12.5. The molecule has 0 saturated carbocycles. The van der Waals surface area contributed by atoms with Crippen LogP contribution in [0.5, 0.6) is 0 Å². The van der Waals surface area contributed by atoms with Crippen LogP contribution in [0.15, 0.2) is 36.7 Å². The number of hydrogen-bond acceptors (Lipinski definition) is 10. The predicted molar refractivity (Wildman–Crippen MR) is 144 cm³/mol. The molecule has 0 spiro atoms. The lowest BCUT2D eigenvalue weighted by Gasteiger charge is -2.28. The van der Waals surface area contributed by atoms with E-state index in [4.69, 9.17) is 14.7 Å². The molecule has 1 aliphatic heterocycles. The lowest BCUT2D eigenvalue weighted by atomic mass is 9.88. The summed E-state index contributed by atoms with van der Waals surface area (Å²) in [7, 11) is 0. The van der Waals surface area contributed by atoms with Gasteiger partial charge in [0.15, 0.2) is 0 Å². The Labute approximate surface area is 221 Å². The maximum Gasteiger partial charge on any atom is 0.255 e. The molecule has 3 aromatic rings. The summed E-state index contributed by atoms with van der Waals surface area (Å²) < 4.78 is 5.50. The van der Waals surface area contributed by atoms with E-state index < -0.39 is 5.41 Å². The lowest BCUT2D eigenvalue weighted by Crippen LogP contribution is -2.37. The molecule has 0 aliphatic carbocycles. The number of nitrogens with one attached hydrogen (secondary N) is 2. The zero-order valence-corrected chi connectivity index (χ0v) is 22.0. The van der Waals surface area contributed by atoms with Crippen molar-refractivity contribution in [3.05, 3.63) is 53.6 Å². The Kier molecular flexibility index (Phi) is 8.14. The summed E-state index contributed by atoms with van der Waals surface area (Å²) in [6, 6.07) is 8.95. The van der Waals surface area contributed by atoms with Crippen LogP contribution in [0.1, 0.15) is 42.5 Å². The first kappa shape index (κ1) is 26.9. The lowest BCUT2D eigenvalue weighted by molar-refractivity contribution is 0.102. The van der Waals surface area contributed by atoms with E-state index in [1.807, 2.05) is 19.9 Å². The van der Waals surface area contributed by atoms with Gasteiger partial charge in [0.2, 0.25) is 5.95 Å². The van der Waals surface area contributed by atoms with Gasteiger partial charge in [-0.3, -0.25) is 14.8 Å². The van der Waals surface area contributed by atoms with Gasteiger partial charge in [-0.15, -0.1) is 0 Å². The number of hydrogen-bond donors (Lipinski definition) is 3. The van der Waals surface area contributed by atoms with Crippen LogP contribution in [0.3, 0.4) is 0 Å². The van der Waals surface area contributed by atoms with E-state index >= 15 is 0 Å². The number of carbonyl (C=O) groups excluding carboxylic acids is 1. The summed E-state index contributed by atoms with van der Waals surface area (Å²) in [5, 5.41) is 25.5. The highest BCUT2D eigenvalue weighted by atomic mass is 16.5. The topological polar surface area (TPSA) is 149 Å². The maximum atomic E-state index is 13.1. The second-order valence-corrected chi connectivity index (χ2v) is 9.71. The number of aryl methyl sites for hydroxylation is 1. The van der Waals surface area contributed by atoms with Crippen LogP contribution < -0.4 is 15.5 Å². The molecule has 1 amide bonds. The third-order valence-corrected chi connectivity index (χ3v) is 6.25. The molecule has 1 aliphatic rings. The Hall–Kier alpha value is -4.14. The molecule has 0 unspecified atom stereocenters. The SMILES string of the molecule is Cc1nc(C(C)(C)C#N)c(NC(=O)c2ccncc2)cc1-c1cc(N2CCOCC2)nc(N[C@H](C)CO)n1. The van der Waals surface area contributed by atoms with Gasteiger partial charge >= 0.3 is 0 Å². The third kappa shape index (κ3) is 6.04. The van der Waals surface area contributed by atoms with Crippen LogP contribution in [-0.4, -0.2) is 69.9 Å². The van der Waals surface area contributed by atoms with Crippen molar-refractivity contribution in [3.8, 4) is 17.3 Å². The molecule has 3 N–H and O–H groups in total. The number of nitrogens with zero attached hydrogens (tertiary/aromatic N) is 6. The molecule has 0 bridgehead atoms. The fourth-order valence-electron chi connectivity index (χ4n) is 4.04. The standard InChI is InChI=1S/C27H32N8O3/c1-17(15-36)30-26-33-21(14-23(34-26)35-9-11-38-12-10-35)20-13-22(24(31-18(20)2)27(3,4)16-28)32-25(37)19-5-7-29-8-6-19/h5-8,13-14,17,36H,9-12,15H2,1-4H3,(H,32,37)(H,30,33,34)/t17-/m1/s1. The Morgan fingerprint density at radius 2 is 1.92 bits per heavy atom. The molecule has 1 atom stereocenters. The molecule has 198 valence electrons. The Bertz CT molecular complexity index is 1330. The minimum atomic E-state index is -0.960. The van der Waals surface area contributed by atoms with Crippen molar-refractivity contribution in [2.75, 3.05) is 48.4 Å². The second kappa shape index (κ2) is 11.5. The van der Waals surface area contributed by atoms with Crippen LogP contribution in [0, 0.1) is 18.3 Å². The van der Waals surface area contributed by atoms with Gasteiger partial charge < -0.3 is 25.4 Å². The fourth-order valence-corrected chi connectivity index (χ4v) is 4.04. The van der Waals surface area contributed by atoms with E-state index in [2.05, 4.69) is 31.6 Å². The summed E-state index contributed by atoms with van der Waals surface area (Å²) in [6.07, 6.45) is 3.09. The molecule has 0 radical (unpaired) electrons. The van der Waals surface area contributed by atoms with E-state index in [1.165, 1.54) is 0 Å². The third-order valence-electron chi connectivity index (χ3n) is 6.25. The number of ether oxygens (including phenoxy) is 1. The molecular formula is C27H32N8O3.